The number of carbonyl (C=O) groups excluding carboxylic acids is 1. The number of hydrogen-bond donors (Lipinski definition) is 2. The van der Waals surface area contributed by atoms with E-state index >= 15 is 0 Å². The number of H-pyrrole nitrogens is 1. The van der Waals surface area contributed by atoms with Crippen LogP contribution in [0.1, 0.15) is 23.7 Å². The number of anilines is 1. The largest absolute Gasteiger partial charge is 0.495 e. The van der Waals surface area contributed by atoms with Gasteiger partial charge in [-0.2, -0.15) is 10.2 Å². The number of nitrogens with two attached hydrogens (primary N) is 1. The second-order valence-electron chi connectivity index (χ2n) is 7.42. The van der Waals surface area contributed by atoms with Crippen LogP contribution in [-0.4, -0.2) is 58.1 Å². The summed E-state index contributed by atoms with van der Waals surface area (Å²) in [6.45, 7) is 4.39. The number of hydrogen-bond acceptors (Lipinski definition) is 7. The van der Waals surface area contributed by atoms with E-state index in [0.29, 0.717) is 36.4 Å². The fourth-order valence-electron chi connectivity index (χ4n) is 3.85. The molecule has 176 valence electrons. The molecular weight excluding hydrogens is 483 g/mol. The maximum atomic E-state index is 12.7. The first-order chi connectivity index (χ1) is 16.3. The van der Waals surface area contributed by atoms with Gasteiger partial charge in [-0.15, -0.1) is 0 Å². The molecule has 1 saturated heterocycles. The van der Waals surface area contributed by atoms with Gasteiger partial charge in [0.05, 0.1) is 41.3 Å². The van der Waals surface area contributed by atoms with E-state index in [9.17, 15) is 9.59 Å². The monoisotopic (exact) mass is 502 g/mol. The minimum Gasteiger partial charge on any atom is -0.495 e. The fourth-order valence-corrected chi connectivity index (χ4v) is 4.45. The van der Waals surface area contributed by atoms with Gasteiger partial charge in [-0.1, -0.05) is 35.7 Å². The third-order valence-corrected chi connectivity index (χ3v) is 6.29. The van der Waals surface area contributed by atoms with Crippen LogP contribution in [0, 0.1) is 11.8 Å². The maximum Gasteiger partial charge on any atom is 0.290 e. The highest BCUT2D eigenvalue weighted by atomic mass is 35.5. The van der Waals surface area contributed by atoms with Gasteiger partial charge in [0, 0.05) is 19.2 Å². The lowest BCUT2D eigenvalue weighted by molar-refractivity contribution is -0.125. The molecule has 34 heavy (non-hydrogen) atoms. The van der Waals surface area contributed by atoms with Crippen LogP contribution in [0.2, 0.25) is 10.0 Å². The Morgan fingerprint density at radius 3 is 2.59 bits per heavy atom. The molecule has 1 atom stereocenters. The second kappa shape index (κ2) is 9.29. The molecule has 1 aromatic carbocycles. The zero-order valence-corrected chi connectivity index (χ0v) is 19.8. The van der Waals surface area contributed by atoms with Crippen LogP contribution in [0.5, 0.6) is 11.5 Å². The molecule has 4 rings (SSSR count). The Morgan fingerprint density at radius 2 is 1.97 bits per heavy atom. The molecule has 1 aliphatic rings. The molecule has 3 heterocycles. The predicted octanol–water partition coefficient (Wildman–Crippen LogP) is 2.38. The number of halogens is 2. The SMILES string of the molecule is C=CC(=O)N1CC[C@H](n2nc(C#Cc3c(Cl)c(OC)cc(OC)c3Cl)c3c(N)n[nH]c(=O)c32)C1. The lowest BCUT2D eigenvalue weighted by Crippen LogP contribution is -2.27. The van der Waals surface area contributed by atoms with Crippen molar-refractivity contribution in [3.8, 4) is 23.3 Å². The Morgan fingerprint density at radius 1 is 1.29 bits per heavy atom. The molecule has 0 saturated carbocycles. The van der Waals surface area contributed by atoms with Gasteiger partial charge in [-0.05, 0) is 18.4 Å². The summed E-state index contributed by atoms with van der Waals surface area (Å²) >= 11 is 12.8. The number of amides is 1. The van der Waals surface area contributed by atoms with E-state index in [1.54, 1.807) is 15.6 Å². The minimum atomic E-state index is -0.475. The number of nitrogens with zero attached hydrogens (tertiary/aromatic N) is 4. The summed E-state index contributed by atoms with van der Waals surface area (Å²) in [5, 5.41) is 11.5. The quantitative estimate of drug-likeness (QED) is 0.413. The van der Waals surface area contributed by atoms with E-state index in [2.05, 4.69) is 33.7 Å². The molecular formula is C22H20Cl2N6O4. The van der Waals surface area contributed by atoms with Crippen LogP contribution < -0.4 is 20.8 Å². The third-order valence-electron chi connectivity index (χ3n) is 5.53. The smallest absolute Gasteiger partial charge is 0.290 e. The first-order valence-corrected chi connectivity index (χ1v) is 10.9. The van der Waals surface area contributed by atoms with Gasteiger partial charge in [0.25, 0.3) is 5.56 Å². The van der Waals surface area contributed by atoms with E-state index in [-0.39, 0.29) is 44.6 Å². The highest BCUT2D eigenvalue weighted by Gasteiger charge is 2.30. The number of benzene rings is 1. The Bertz CT molecular complexity index is 1410. The van der Waals surface area contributed by atoms with Gasteiger partial charge in [-0.25, -0.2) is 5.10 Å². The molecule has 1 aliphatic heterocycles. The Balaban J connectivity index is 1.87. The van der Waals surface area contributed by atoms with Gasteiger partial charge in [0.1, 0.15) is 22.7 Å². The summed E-state index contributed by atoms with van der Waals surface area (Å²) < 4.78 is 12.1. The van der Waals surface area contributed by atoms with Crippen molar-refractivity contribution >= 4 is 45.8 Å². The predicted molar refractivity (Wildman–Crippen MR) is 129 cm³/mol. The number of aromatic amines is 1. The van der Waals surface area contributed by atoms with E-state index in [4.69, 9.17) is 38.4 Å². The topological polar surface area (TPSA) is 128 Å². The van der Waals surface area contributed by atoms with E-state index in [1.807, 2.05) is 0 Å². The number of nitrogen functional groups attached to an aromatic ring is 1. The lowest BCUT2D eigenvalue weighted by Gasteiger charge is -2.14. The van der Waals surface area contributed by atoms with Crippen molar-refractivity contribution in [2.24, 2.45) is 0 Å². The normalized spacial score (nSPS) is 15.2. The number of likely N-dealkylation sites (tertiary alicyclic amines) is 1. The average Bonchev–Trinajstić information content (AvgIpc) is 3.47. The molecule has 3 N–H and O–H groups in total. The summed E-state index contributed by atoms with van der Waals surface area (Å²) in [5.74, 6) is 6.35. The van der Waals surface area contributed by atoms with Crippen molar-refractivity contribution in [3.63, 3.8) is 0 Å². The molecule has 0 unspecified atom stereocenters. The van der Waals surface area contributed by atoms with Crippen LogP contribution >= 0.6 is 23.2 Å². The molecule has 2 aromatic heterocycles. The van der Waals surface area contributed by atoms with E-state index in [1.165, 1.54) is 20.3 Å². The van der Waals surface area contributed by atoms with E-state index < -0.39 is 5.56 Å². The number of carbonyl (C=O) groups is 1. The third kappa shape index (κ3) is 3.93. The molecule has 0 aliphatic carbocycles. The molecule has 0 radical (unpaired) electrons. The summed E-state index contributed by atoms with van der Waals surface area (Å²) in [6, 6.07) is 1.30. The average molecular weight is 503 g/mol. The summed E-state index contributed by atoms with van der Waals surface area (Å²) in [5.41, 5.74) is 6.31. The van der Waals surface area contributed by atoms with Gasteiger partial charge in [-0.3, -0.25) is 14.3 Å². The zero-order valence-electron chi connectivity index (χ0n) is 18.3. The summed E-state index contributed by atoms with van der Waals surface area (Å²) in [7, 11) is 2.92. The molecule has 12 heteroatoms. The molecule has 1 amide bonds. The van der Waals surface area contributed by atoms with E-state index in [0.717, 1.165) is 0 Å². The van der Waals surface area contributed by atoms with Crippen molar-refractivity contribution < 1.29 is 14.3 Å². The van der Waals surface area contributed by atoms with Crippen LogP contribution in [0.3, 0.4) is 0 Å². The summed E-state index contributed by atoms with van der Waals surface area (Å²) in [4.78, 5) is 26.3. The highest BCUT2D eigenvalue weighted by Crippen LogP contribution is 2.40. The standard InChI is InChI=1S/C22H20Cl2N6O4/c1-4-16(31)29-8-7-11(10-29)30-20-17(21(25)26-27-22(20)32)13(28-30)6-5-12-18(23)14(33-2)9-15(34-3)19(12)24/h4,9,11H,1,7-8,10H2,2-3H3,(H2,25,26)(H,27,32)/t11-/m0/s1. The van der Waals surface area contributed by atoms with Crippen molar-refractivity contribution in [2.75, 3.05) is 33.0 Å². The molecule has 1 fully saturated rings. The molecule has 0 spiro atoms. The number of ether oxygens (including phenoxy) is 2. The Kier molecular flexibility index (Phi) is 6.41. The molecule has 3 aromatic rings. The van der Waals surface area contributed by atoms with Crippen LogP contribution in [0.4, 0.5) is 5.82 Å². The van der Waals surface area contributed by atoms with Crippen molar-refractivity contribution in [1.29, 1.82) is 0 Å². The fraction of sp³-hybridized carbons (Fsp3) is 0.273. The van der Waals surface area contributed by atoms with Gasteiger partial charge >= 0.3 is 0 Å². The zero-order chi connectivity index (χ0) is 24.6. The van der Waals surface area contributed by atoms with Crippen LogP contribution in [-0.2, 0) is 4.79 Å². The van der Waals surface area contributed by atoms with Gasteiger partial charge < -0.3 is 20.1 Å². The van der Waals surface area contributed by atoms with Crippen LogP contribution in [0.25, 0.3) is 10.9 Å². The van der Waals surface area contributed by atoms with Crippen molar-refractivity contribution in [2.45, 2.75) is 12.5 Å². The van der Waals surface area contributed by atoms with Gasteiger partial charge in [0.2, 0.25) is 5.91 Å². The molecule has 10 nitrogen and oxygen atoms in total. The number of fused-ring (bicyclic) bond motifs is 1. The van der Waals surface area contributed by atoms with Crippen LogP contribution in [0.15, 0.2) is 23.5 Å². The lowest BCUT2D eigenvalue weighted by atomic mass is 10.1. The Labute approximate surface area is 204 Å². The Hall–Kier alpha value is -3.68. The first kappa shape index (κ1) is 23.5. The van der Waals surface area contributed by atoms with Crippen molar-refractivity contribution in [3.05, 3.63) is 50.4 Å². The minimum absolute atomic E-state index is 0.0580. The number of methoxy groups -OCH3 is 2. The summed E-state index contributed by atoms with van der Waals surface area (Å²) in [6.07, 6.45) is 1.85. The maximum absolute atomic E-state index is 12.7. The molecule has 0 bridgehead atoms. The first-order valence-electron chi connectivity index (χ1n) is 10.1. The highest BCUT2D eigenvalue weighted by molar-refractivity contribution is 6.38. The van der Waals surface area contributed by atoms with Crippen molar-refractivity contribution in [1.82, 2.24) is 24.9 Å². The van der Waals surface area contributed by atoms with Gasteiger partial charge in [0.15, 0.2) is 5.82 Å². The second-order valence-corrected chi connectivity index (χ2v) is 8.18. The number of rotatable bonds is 4. The number of aromatic nitrogens is 4. The number of nitrogens with one attached hydrogen (secondary N) is 1.